The molecule has 0 radical (unpaired) electrons. The second kappa shape index (κ2) is 9.33. The highest BCUT2D eigenvalue weighted by molar-refractivity contribution is 7.17. The smallest absolute Gasteiger partial charge is 0.296 e. The summed E-state index contributed by atoms with van der Waals surface area (Å²) in [4.78, 5) is 14.6. The zero-order valence-electron chi connectivity index (χ0n) is 16.1. The number of amides is 1. The molecule has 3 heterocycles. The van der Waals surface area contributed by atoms with Crippen LogP contribution in [0, 0.1) is 0 Å². The molecule has 1 amide bonds. The van der Waals surface area contributed by atoms with Gasteiger partial charge in [0.1, 0.15) is 6.10 Å². The van der Waals surface area contributed by atoms with Gasteiger partial charge in [0.2, 0.25) is 5.13 Å². The van der Waals surface area contributed by atoms with Gasteiger partial charge in [-0.2, -0.15) is 0 Å². The van der Waals surface area contributed by atoms with Gasteiger partial charge in [0.15, 0.2) is 17.1 Å². The van der Waals surface area contributed by atoms with Gasteiger partial charge in [-0.1, -0.05) is 47.0 Å². The molecule has 0 saturated carbocycles. The average Bonchev–Trinajstić information content (AvgIpc) is 3.40. The highest BCUT2D eigenvalue weighted by Crippen LogP contribution is 2.28. The molecule has 2 aromatic heterocycles. The van der Waals surface area contributed by atoms with Gasteiger partial charge in [0.25, 0.3) is 11.1 Å². The monoisotopic (exact) mass is 446 g/mol. The molecule has 1 aromatic carbocycles. The summed E-state index contributed by atoms with van der Waals surface area (Å²) in [5.74, 6) is 0.432. The number of ether oxygens (including phenoxy) is 2. The van der Waals surface area contributed by atoms with Crippen LogP contribution in [0.25, 0.3) is 0 Å². The van der Waals surface area contributed by atoms with Crippen molar-refractivity contribution in [3.8, 4) is 5.19 Å². The Morgan fingerprint density at radius 3 is 2.77 bits per heavy atom. The fourth-order valence-electron chi connectivity index (χ4n) is 3.15. The highest BCUT2D eigenvalue weighted by Gasteiger charge is 2.27. The van der Waals surface area contributed by atoms with Gasteiger partial charge in [0.05, 0.1) is 6.54 Å². The van der Waals surface area contributed by atoms with Crippen LogP contribution >= 0.6 is 22.9 Å². The second-order valence-electron chi connectivity index (χ2n) is 6.58. The molecule has 30 heavy (non-hydrogen) atoms. The number of carbonyl (C=O) groups excluding carboxylic acids is 1. The van der Waals surface area contributed by atoms with Crippen LogP contribution in [0.1, 0.15) is 18.1 Å². The summed E-state index contributed by atoms with van der Waals surface area (Å²) in [6.07, 6.45) is 0.0177. The van der Waals surface area contributed by atoms with Gasteiger partial charge in [-0.05, 0) is 29.0 Å². The summed E-state index contributed by atoms with van der Waals surface area (Å²) < 4.78 is 11.3. The van der Waals surface area contributed by atoms with Gasteiger partial charge in [-0.15, -0.1) is 15.3 Å². The molecular weight excluding hydrogens is 428 g/mol. The maximum absolute atomic E-state index is 12.6. The largest absolute Gasteiger partial charge is 0.464 e. The summed E-state index contributed by atoms with van der Waals surface area (Å²) in [7, 11) is 1.49. The maximum Gasteiger partial charge on any atom is 0.296 e. The molecular formula is C19H19ClN6O3S. The van der Waals surface area contributed by atoms with E-state index in [-0.39, 0.29) is 12.0 Å². The minimum atomic E-state index is -0.733. The number of rotatable bonds is 7. The molecule has 156 valence electrons. The van der Waals surface area contributed by atoms with Crippen molar-refractivity contribution in [1.29, 1.82) is 0 Å². The lowest BCUT2D eigenvalue weighted by atomic mass is 10.1. The van der Waals surface area contributed by atoms with E-state index in [0.717, 1.165) is 24.3 Å². The number of hydrogen-bond donors (Lipinski definition) is 1. The number of methoxy groups -OCH3 is 1. The Balaban J connectivity index is 1.33. The zero-order valence-corrected chi connectivity index (χ0v) is 17.6. The summed E-state index contributed by atoms with van der Waals surface area (Å²) in [6.45, 7) is 1.44. The molecule has 1 saturated heterocycles. The fraction of sp³-hybridized carbons (Fsp3) is 0.316. The fourth-order valence-corrected chi connectivity index (χ4v) is 3.92. The maximum atomic E-state index is 12.6. The summed E-state index contributed by atoms with van der Waals surface area (Å²) >= 11 is 6.96. The number of hydrogen-bond acceptors (Lipinski definition) is 9. The van der Waals surface area contributed by atoms with E-state index in [4.69, 9.17) is 21.1 Å². The van der Waals surface area contributed by atoms with Crippen LogP contribution < -0.4 is 15.0 Å². The number of benzene rings is 1. The van der Waals surface area contributed by atoms with Crippen LogP contribution in [0.4, 0.5) is 10.9 Å². The van der Waals surface area contributed by atoms with Crippen LogP contribution in [-0.2, 0) is 9.53 Å². The Bertz CT molecular complexity index is 987. The minimum Gasteiger partial charge on any atom is -0.464 e. The van der Waals surface area contributed by atoms with E-state index in [2.05, 4.69) is 30.6 Å². The first-order valence-electron chi connectivity index (χ1n) is 9.25. The lowest BCUT2D eigenvalue weighted by Crippen LogP contribution is -2.25. The lowest BCUT2D eigenvalue weighted by Gasteiger charge is -2.16. The number of nitrogens with one attached hydrogen (secondary N) is 1. The first kappa shape index (κ1) is 20.5. The Morgan fingerprint density at radius 2 is 2.03 bits per heavy atom. The van der Waals surface area contributed by atoms with E-state index in [9.17, 15) is 4.79 Å². The molecule has 1 fully saturated rings. The van der Waals surface area contributed by atoms with E-state index in [1.54, 1.807) is 6.07 Å². The zero-order chi connectivity index (χ0) is 20.9. The third kappa shape index (κ3) is 4.84. The van der Waals surface area contributed by atoms with Crippen LogP contribution in [0.3, 0.4) is 0 Å². The first-order valence-corrected chi connectivity index (χ1v) is 10.4. The van der Waals surface area contributed by atoms with Crippen LogP contribution in [0.15, 0.2) is 42.5 Å². The summed E-state index contributed by atoms with van der Waals surface area (Å²) in [5.41, 5.74) is 0.759. The van der Waals surface area contributed by atoms with E-state index < -0.39 is 6.10 Å². The van der Waals surface area contributed by atoms with E-state index in [1.807, 2.05) is 36.4 Å². The van der Waals surface area contributed by atoms with Gasteiger partial charge in [-0.25, -0.2) is 0 Å². The molecule has 0 aliphatic carbocycles. The van der Waals surface area contributed by atoms with Gasteiger partial charge in [0, 0.05) is 20.1 Å². The van der Waals surface area contributed by atoms with E-state index in [0.29, 0.717) is 22.0 Å². The van der Waals surface area contributed by atoms with Crippen molar-refractivity contribution in [1.82, 2.24) is 20.4 Å². The van der Waals surface area contributed by atoms with Gasteiger partial charge in [-0.3, -0.25) is 10.1 Å². The van der Waals surface area contributed by atoms with Crippen molar-refractivity contribution in [3.63, 3.8) is 0 Å². The Hall–Kier alpha value is -2.82. The molecule has 1 aliphatic heterocycles. The molecule has 2 atom stereocenters. The van der Waals surface area contributed by atoms with Crippen molar-refractivity contribution in [3.05, 3.63) is 53.2 Å². The topological polar surface area (TPSA) is 102 Å². The SMILES string of the molecule is CO[C@H](C(=O)Nc1nnc(O[C@@H]2CCN(c3ccc(Cl)nn3)C2)s1)c1ccccc1. The Labute approximate surface area is 182 Å². The Kier molecular flexibility index (Phi) is 6.36. The second-order valence-corrected chi connectivity index (χ2v) is 7.90. The molecule has 11 heteroatoms. The van der Waals surface area contributed by atoms with Crippen molar-refractivity contribution in [2.45, 2.75) is 18.6 Å². The number of carbonyl (C=O) groups is 1. The van der Waals surface area contributed by atoms with Crippen molar-refractivity contribution < 1.29 is 14.3 Å². The van der Waals surface area contributed by atoms with Crippen molar-refractivity contribution >= 4 is 39.8 Å². The summed E-state index contributed by atoms with van der Waals surface area (Å²) in [6, 6.07) is 12.8. The number of nitrogens with zero attached hydrogens (tertiary/aromatic N) is 5. The van der Waals surface area contributed by atoms with Crippen molar-refractivity contribution in [2.24, 2.45) is 0 Å². The Morgan fingerprint density at radius 1 is 1.20 bits per heavy atom. The predicted molar refractivity (Wildman–Crippen MR) is 113 cm³/mol. The van der Waals surface area contributed by atoms with Crippen LogP contribution in [-0.4, -0.2) is 52.6 Å². The molecule has 4 rings (SSSR count). The molecule has 3 aromatic rings. The molecule has 0 unspecified atom stereocenters. The number of aromatic nitrogens is 4. The first-order chi connectivity index (χ1) is 14.6. The van der Waals surface area contributed by atoms with Crippen LogP contribution in [0.5, 0.6) is 5.19 Å². The average molecular weight is 447 g/mol. The molecule has 1 N–H and O–H groups in total. The van der Waals surface area contributed by atoms with Gasteiger partial charge < -0.3 is 14.4 Å². The minimum absolute atomic E-state index is 0.0602. The number of anilines is 2. The third-order valence-corrected chi connectivity index (χ3v) is 5.50. The molecule has 0 bridgehead atoms. The molecule has 0 spiro atoms. The lowest BCUT2D eigenvalue weighted by molar-refractivity contribution is -0.126. The quantitative estimate of drug-likeness (QED) is 0.591. The number of halogens is 1. The predicted octanol–water partition coefficient (Wildman–Crippen LogP) is 2.97. The van der Waals surface area contributed by atoms with Crippen LogP contribution in [0.2, 0.25) is 5.15 Å². The highest BCUT2D eigenvalue weighted by atomic mass is 35.5. The van der Waals surface area contributed by atoms with E-state index >= 15 is 0 Å². The van der Waals surface area contributed by atoms with Crippen molar-refractivity contribution in [2.75, 3.05) is 30.4 Å². The third-order valence-electron chi connectivity index (χ3n) is 4.57. The van der Waals surface area contributed by atoms with Gasteiger partial charge >= 0.3 is 0 Å². The van der Waals surface area contributed by atoms with E-state index in [1.165, 1.54) is 18.4 Å². The molecule has 1 aliphatic rings. The molecule has 9 nitrogen and oxygen atoms in total. The normalized spacial score (nSPS) is 17.0. The standard InChI is InChI=1S/C19H19ClN6O3S/c1-28-16(12-5-3-2-4-6-12)17(27)21-18-24-25-19(30-18)29-13-9-10-26(11-13)15-8-7-14(20)22-23-15/h2-8,13,16H,9-11H2,1H3,(H,21,24,27)/t13-,16+/m1/s1. The summed E-state index contributed by atoms with van der Waals surface area (Å²) in [5, 5.41) is 19.8.